The number of amides is 1. The van der Waals surface area contributed by atoms with Gasteiger partial charge in [-0.3, -0.25) is 9.78 Å². The third-order valence-electron chi connectivity index (χ3n) is 4.54. The van der Waals surface area contributed by atoms with Crippen LogP contribution in [0.15, 0.2) is 101 Å². The van der Waals surface area contributed by atoms with Crippen LogP contribution in [-0.2, 0) is 4.79 Å². The van der Waals surface area contributed by atoms with Gasteiger partial charge in [-0.1, -0.05) is 41.6 Å². The van der Waals surface area contributed by atoms with Gasteiger partial charge in [0.25, 0.3) is 5.91 Å². The van der Waals surface area contributed by atoms with Gasteiger partial charge in [-0.15, -0.1) is 0 Å². The molecule has 33 heavy (non-hydrogen) atoms. The number of aryl methyl sites for hydroxylation is 1. The van der Waals surface area contributed by atoms with E-state index in [1.54, 1.807) is 24.5 Å². The molecule has 0 aliphatic carbocycles. The van der Waals surface area contributed by atoms with E-state index in [4.69, 9.17) is 21.1 Å². The summed E-state index contributed by atoms with van der Waals surface area (Å²) in [5.74, 6) is 1.60. The van der Waals surface area contributed by atoms with Crippen LogP contribution in [0, 0.1) is 6.92 Å². The molecule has 3 aromatic carbocycles. The molecular weight excluding hydrogens is 456 g/mol. The predicted octanol–water partition coefficient (Wildman–Crippen LogP) is 7.00. The zero-order valence-corrected chi connectivity index (χ0v) is 19.4. The molecule has 4 rings (SSSR count). The molecule has 0 spiro atoms. The lowest BCUT2D eigenvalue weighted by Gasteiger charge is -2.13. The number of hydrogen-bond donors (Lipinski definition) is 1. The number of halogens is 1. The van der Waals surface area contributed by atoms with Crippen molar-refractivity contribution in [3.05, 3.63) is 102 Å². The zero-order chi connectivity index (χ0) is 23.0. The lowest BCUT2D eigenvalue weighted by molar-refractivity contribution is -0.118. The van der Waals surface area contributed by atoms with Gasteiger partial charge >= 0.3 is 0 Å². The average Bonchev–Trinajstić information content (AvgIpc) is 2.81. The van der Waals surface area contributed by atoms with Crippen LogP contribution in [0.3, 0.4) is 0 Å². The molecule has 0 fully saturated rings. The first-order chi connectivity index (χ1) is 16.0. The van der Waals surface area contributed by atoms with E-state index in [9.17, 15) is 4.79 Å². The van der Waals surface area contributed by atoms with Crippen molar-refractivity contribution in [1.82, 2.24) is 4.98 Å². The van der Waals surface area contributed by atoms with Crippen LogP contribution in [0.1, 0.15) is 5.56 Å². The summed E-state index contributed by atoms with van der Waals surface area (Å²) in [6, 6.07) is 24.3. The number of nitrogens with one attached hydrogen (secondary N) is 1. The molecule has 1 aromatic heterocycles. The number of ether oxygens (including phenoxy) is 2. The Morgan fingerprint density at radius 2 is 1.79 bits per heavy atom. The van der Waals surface area contributed by atoms with Crippen LogP contribution in [0.4, 0.5) is 5.69 Å². The molecule has 0 aliphatic heterocycles. The molecule has 0 saturated heterocycles. The first-order valence-corrected chi connectivity index (χ1v) is 11.4. The number of carbonyl (C=O) groups excluding carboxylic acids is 1. The van der Waals surface area contributed by atoms with Crippen molar-refractivity contribution < 1.29 is 14.3 Å². The number of carbonyl (C=O) groups is 1. The maximum absolute atomic E-state index is 12.6. The van der Waals surface area contributed by atoms with Crippen LogP contribution >= 0.6 is 23.4 Å². The number of rotatable bonds is 8. The summed E-state index contributed by atoms with van der Waals surface area (Å²) < 4.78 is 11.6. The first kappa shape index (κ1) is 22.7. The van der Waals surface area contributed by atoms with Gasteiger partial charge in [0, 0.05) is 32.8 Å². The number of nitrogens with zero attached hydrogens (tertiary/aromatic N) is 1. The highest BCUT2D eigenvalue weighted by Gasteiger charge is 2.10. The topological polar surface area (TPSA) is 60.5 Å². The smallest absolute Gasteiger partial charge is 0.262 e. The Morgan fingerprint density at radius 3 is 2.55 bits per heavy atom. The van der Waals surface area contributed by atoms with Gasteiger partial charge in [0.15, 0.2) is 6.61 Å². The Balaban J connectivity index is 1.52. The molecule has 0 radical (unpaired) electrons. The molecule has 0 unspecified atom stereocenters. The predicted molar refractivity (Wildman–Crippen MR) is 132 cm³/mol. The molecular formula is C26H21ClN2O3S. The lowest BCUT2D eigenvalue weighted by atomic mass is 10.2. The maximum Gasteiger partial charge on any atom is 0.262 e. The van der Waals surface area contributed by atoms with Gasteiger partial charge in [-0.2, -0.15) is 0 Å². The Hall–Kier alpha value is -3.48. The summed E-state index contributed by atoms with van der Waals surface area (Å²) in [5, 5.41) is 3.57. The Labute approximate surface area is 201 Å². The van der Waals surface area contributed by atoms with Gasteiger partial charge in [0.2, 0.25) is 0 Å². The standard InChI is InChI=1S/C26H21ClN2O3S/c1-18-5-2-3-7-25(18)31-17-26(30)29-20-13-22(32-21-6-4-12-28-16-21)15-24(14-20)33-23-10-8-19(27)9-11-23/h2-16H,17H2,1H3,(H,29,30). The summed E-state index contributed by atoms with van der Waals surface area (Å²) in [7, 11) is 0. The van der Waals surface area contributed by atoms with Crippen molar-refractivity contribution in [2.24, 2.45) is 0 Å². The van der Waals surface area contributed by atoms with Crippen molar-refractivity contribution in [1.29, 1.82) is 0 Å². The van der Waals surface area contributed by atoms with Crippen LogP contribution < -0.4 is 14.8 Å². The molecule has 0 saturated carbocycles. The van der Waals surface area contributed by atoms with Crippen molar-refractivity contribution >= 4 is 35.0 Å². The van der Waals surface area contributed by atoms with E-state index in [1.807, 2.05) is 73.7 Å². The van der Waals surface area contributed by atoms with Gasteiger partial charge in [0.1, 0.15) is 17.2 Å². The van der Waals surface area contributed by atoms with E-state index < -0.39 is 0 Å². The Bertz CT molecular complexity index is 1230. The second-order valence-electron chi connectivity index (χ2n) is 7.14. The third kappa shape index (κ3) is 6.75. The van der Waals surface area contributed by atoms with Gasteiger partial charge in [-0.25, -0.2) is 0 Å². The fourth-order valence-corrected chi connectivity index (χ4v) is 4.03. The Morgan fingerprint density at radius 1 is 0.970 bits per heavy atom. The van der Waals surface area contributed by atoms with Crippen molar-refractivity contribution in [2.75, 3.05) is 11.9 Å². The highest BCUT2D eigenvalue weighted by molar-refractivity contribution is 7.99. The Kier molecular flexibility index (Phi) is 7.50. The molecule has 5 nitrogen and oxygen atoms in total. The van der Waals surface area contributed by atoms with Crippen molar-refractivity contribution in [3.8, 4) is 17.2 Å². The zero-order valence-electron chi connectivity index (χ0n) is 17.8. The number of anilines is 1. The van der Waals surface area contributed by atoms with E-state index >= 15 is 0 Å². The van der Waals surface area contributed by atoms with Crippen molar-refractivity contribution in [3.63, 3.8) is 0 Å². The second kappa shape index (κ2) is 10.9. The fraction of sp³-hybridized carbons (Fsp3) is 0.0769. The summed E-state index contributed by atoms with van der Waals surface area (Å²) in [6.07, 6.45) is 3.31. The van der Waals surface area contributed by atoms with E-state index in [0.29, 0.717) is 28.0 Å². The fourth-order valence-electron chi connectivity index (χ4n) is 3.00. The van der Waals surface area contributed by atoms with Crippen molar-refractivity contribution in [2.45, 2.75) is 16.7 Å². The molecule has 1 N–H and O–H groups in total. The van der Waals surface area contributed by atoms with Crippen LogP contribution in [-0.4, -0.2) is 17.5 Å². The number of hydrogen-bond acceptors (Lipinski definition) is 5. The minimum absolute atomic E-state index is 0.0990. The molecule has 166 valence electrons. The van der Waals surface area contributed by atoms with Gasteiger partial charge in [0.05, 0.1) is 6.20 Å². The second-order valence-corrected chi connectivity index (χ2v) is 8.73. The molecule has 0 bridgehead atoms. The summed E-state index contributed by atoms with van der Waals surface area (Å²) in [6.45, 7) is 1.84. The minimum atomic E-state index is -0.265. The molecule has 7 heteroatoms. The molecule has 0 atom stereocenters. The summed E-state index contributed by atoms with van der Waals surface area (Å²) in [4.78, 5) is 18.6. The van der Waals surface area contributed by atoms with Gasteiger partial charge in [-0.05, 0) is 67.1 Å². The largest absolute Gasteiger partial charge is 0.483 e. The maximum atomic E-state index is 12.6. The van der Waals surface area contributed by atoms with Gasteiger partial charge < -0.3 is 14.8 Å². The monoisotopic (exact) mass is 476 g/mol. The first-order valence-electron chi connectivity index (χ1n) is 10.2. The summed E-state index contributed by atoms with van der Waals surface area (Å²) in [5.41, 5.74) is 1.57. The lowest BCUT2D eigenvalue weighted by Crippen LogP contribution is -2.20. The van der Waals surface area contributed by atoms with Crippen LogP contribution in [0.25, 0.3) is 0 Å². The van der Waals surface area contributed by atoms with Crippen LogP contribution in [0.5, 0.6) is 17.2 Å². The molecule has 1 amide bonds. The van der Waals surface area contributed by atoms with E-state index in [0.717, 1.165) is 15.4 Å². The molecule has 4 aromatic rings. The van der Waals surface area contributed by atoms with E-state index in [-0.39, 0.29) is 12.5 Å². The minimum Gasteiger partial charge on any atom is -0.483 e. The third-order valence-corrected chi connectivity index (χ3v) is 5.77. The number of para-hydroxylation sites is 1. The highest BCUT2D eigenvalue weighted by Crippen LogP contribution is 2.35. The normalized spacial score (nSPS) is 10.5. The highest BCUT2D eigenvalue weighted by atomic mass is 35.5. The number of pyridine rings is 1. The quantitative estimate of drug-likeness (QED) is 0.296. The average molecular weight is 477 g/mol. The van der Waals surface area contributed by atoms with Crippen LogP contribution in [0.2, 0.25) is 5.02 Å². The molecule has 1 heterocycles. The summed E-state index contributed by atoms with van der Waals surface area (Å²) >= 11 is 7.54. The SMILES string of the molecule is Cc1ccccc1OCC(=O)Nc1cc(Oc2cccnc2)cc(Sc2ccc(Cl)cc2)c1. The van der Waals surface area contributed by atoms with E-state index in [1.165, 1.54) is 11.8 Å². The number of aromatic nitrogens is 1. The molecule has 0 aliphatic rings. The van der Waals surface area contributed by atoms with E-state index in [2.05, 4.69) is 10.3 Å². The number of benzene rings is 3.